The van der Waals surface area contributed by atoms with Crippen molar-refractivity contribution in [3.63, 3.8) is 0 Å². The molecule has 1 heterocycles. The summed E-state index contributed by atoms with van der Waals surface area (Å²) in [6.07, 6.45) is 2.53. The maximum Gasteiger partial charge on any atom is 0.0239 e. The Bertz CT molecular complexity index is 83.1. The van der Waals surface area contributed by atoms with Crippen molar-refractivity contribution in [1.82, 2.24) is 9.44 Å². The van der Waals surface area contributed by atoms with Crippen LogP contribution < -0.4 is 9.44 Å². The normalized spacial score (nSPS) is 27.3. The summed E-state index contributed by atoms with van der Waals surface area (Å²) in [7, 11) is 0. The van der Waals surface area contributed by atoms with Crippen molar-refractivity contribution >= 4 is 12.1 Å². The van der Waals surface area contributed by atoms with Gasteiger partial charge in [0.25, 0.3) is 0 Å². The summed E-state index contributed by atoms with van der Waals surface area (Å²) in [6, 6.07) is 0. The third-order valence-corrected chi connectivity index (χ3v) is 2.48. The molecule has 0 amide bonds. The lowest BCUT2D eigenvalue weighted by Gasteiger charge is -2.21. The highest BCUT2D eigenvalue weighted by molar-refractivity contribution is 7.95. The topological polar surface area (TPSA) is 24.1 Å². The van der Waals surface area contributed by atoms with Crippen molar-refractivity contribution in [2.75, 3.05) is 6.54 Å². The minimum atomic E-state index is 0.314. The maximum atomic E-state index is 3.33. The molecule has 1 aliphatic heterocycles. The third-order valence-electron chi connectivity index (χ3n) is 1.48. The van der Waals surface area contributed by atoms with Gasteiger partial charge < -0.3 is 0 Å². The Kier molecular flexibility index (Phi) is 2.38. The smallest absolute Gasteiger partial charge is 0.0239 e. The van der Waals surface area contributed by atoms with E-state index in [4.69, 9.17) is 0 Å². The van der Waals surface area contributed by atoms with E-state index in [1.165, 1.54) is 12.8 Å². The van der Waals surface area contributed by atoms with E-state index in [0.29, 0.717) is 5.54 Å². The van der Waals surface area contributed by atoms with Crippen molar-refractivity contribution < 1.29 is 0 Å². The van der Waals surface area contributed by atoms with Crippen molar-refractivity contribution in [3.8, 4) is 0 Å². The van der Waals surface area contributed by atoms with Crippen molar-refractivity contribution in [2.24, 2.45) is 0 Å². The van der Waals surface area contributed by atoms with Crippen LogP contribution in [0.4, 0.5) is 0 Å². The van der Waals surface area contributed by atoms with Crippen molar-refractivity contribution in [2.45, 2.75) is 32.2 Å². The van der Waals surface area contributed by atoms with Gasteiger partial charge in [-0.05, 0) is 26.7 Å². The Labute approximate surface area is 61.1 Å². The van der Waals surface area contributed by atoms with Crippen LogP contribution in [0.1, 0.15) is 26.7 Å². The molecule has 0 unspecified atom stereocenters. The fraction of sp³-hybridized carbons (Fsp3) is 1.00. The second kappa shape index (κ2) is 2.90. The molecule has 0 aromatic rings. The highest BCUT2D eigenvalue weighted by atomic mass is 32.2. The van der Waals surface area contributed by atoms with Gasteiger partial charge in [-0.25, -0.2) is 4.72 Å². The average Bonchev–Trinajstić information content (AvgIpc) is 1.92. The minimum absolute atomic E-state index is 0.314. The molecule has 0 saturated carbocycles. The third kappa shape index (κ3) is 2.56. The lowest BCUT2D eigenvalue weighted by atomic mass is 10.0. The van der Waals surface area contributed by atoms with E-state index in [1.54, 1.807) is 12.1 Å². The quantitative estimate of drug-likeness (QED) is 0.504. The summed E-state index contributed by atoms with van der Waals surface area (Å²) in [6.45, 7) is 5.58. The maximum absolute atomic E-state index is 3.33. The lowest BCUT2D eigenvalue weighted by Crippen LogP contribution is -2.33. The van der Waals surface area contributed by atoms with Crippen molar-refractivity contribution in [3.05, 3.63) is 0 Å². The van der Waals surface area contributed by atoms with Gasteiger partial charge >= 0.3 is 0 Å². The molecule has 0 aromatic heterocycles. The molecule has 3 heteroatoms. The Morgan fingerprint density at radius 1 is 1.44 bits per heavy atom. The van der Waals surface area contributed by atoms with Crippen LogP contribution in [0.2, 0.25) is 0 Å². The summed E-state index contributed by atoms with van der Waals surface area (Å²) in [5.41, 5.74) is 0.314. The second-order valence-electron chi connectivity index (χ2n) is 3.09. The van der Waals surface area contributed by atoms with Gasteiger partial charge in [-0.2, -0.15) is 0 Å². The lowest BCUT2D eigenvalue weighted by molar-refractivity contribution is 0.439. The molecule has 1 fully saturated rings. The average molecular weight is 146 g/mol. The van der Waals surface area contributed by atoms with Crippen LogP contribution >= 0.6 is 12.1 Å². The summed E-state index contributed by atoms with van der Waals surface area (Å²) < 4.78 is 6.53. The van der Waals surface area contributed by atoms with Crippen LogP contribution in [0.15, 0.2) is 0 Å². The highest BCUT2D eigenvalue weighted by Gasteiger charge is 2.18. The molecule has 54 valence electrons. The minimum Gasteiger partial charge on any atom is -0.251 e. The van der Waals surface area contributed by atoms with Crippen LogP contribution in [-0.2, 0) is 0 Å². The van der Waals surface area contributed by atoms with Gasteiger partial charge in [0.05, 0.1) is 0 Å². The van der Waals surface area contributed by atoms with Gasteiger partial charge in [0.2, 0.25) is 0 Å². The largest absolute Gasteiger partial charge is 0.251 e. The van der Waals surface area contributed by atoms with E-state index < -0.39 is 0 Å². The summed E-state index contributed by atoms with van der Waals surface area (Å²) in [5, 5.41) is 0. The predicted molar refractivity (Wildman–Crippen MR) is 42.0 cm³/mol. The van der Waals surface area contributed by atoms with E-state index in [9.17, 15) is 0 Å². The van der Waals surface area contributed by atoms with Crippen LogP contribution in [0, 0.1) is 0 Å². The van der Waals surface area contributed by atoms with Crippen LogP contribution in [0.5, 0.6) is 0 Å². The fourth-order valence-electron chi connectivity index (χ4n) is 0.879. The number of hydrogen-bond donors (Lipinski definition) is 2. The molecule has 0 bridgehead atoms. The Hall–Kier alpha value is 0.270. The molecule has 9 heavy (non-hydrogen) atoms. The summed E-state index contributed by atoms with van der Waals surface area (Å²) in [4.78, 5) is 0. The molecular formula is C6H14N2S. The molecule has 0 spiro atoms. The van der Waals surface area contributed by atoms with Crippen molar-refractivity contribution in [1.29, 1.82) is 0 Å². The Morgan fingerprint density at radius 3 is 3.00 bits per heavy atom. The van der Waals surface area contributed by atoms with Crippen LogP contribution in [-0.4, -0.2) is 12.1 Å². The Morgan fingerprint density at radius 2 is 2.22 bits per heavy atom. The molecule has 1 saturated heterocycles. The molecule has 1 rings (SSSR count). The van der Waals surface area contributed by atoms with Gasteiger partial charge in [0.1, 0.15) is 0 Å². The second-order valence-corrected chi connectivity index (χ2v) is 3.78. The molecule has 0 aliphatic carbocycles. The van der Waals surface area contributed by atoms with Gasteiger partial charge in [-0.15, -0.1) is 0 Å². The fourth-order valence-corrected chi connectivity index (χ4v) is 1.58. The zero-order valence-corrected chi connectivity index (χ0v) is 6.85. The molecule has 0 radical (unpaired) electrons. The van der Waals surface area contributed by atoms with Crippen LogP contribution in [0.3, 0.4) is 0 Å². The summed E-state index contributed by atoms with van der Waals surface area (Å²) in [5.74, 6) is 0. The van der Waals surface area contributed by atoms with E-state index in [-0.39, 0.29) is 0 Å². The molecule has 2 nitrogen and oxygen atoms in total. The summed E-state index contributed by atoms with van der Waals surface area (Å²) >= 11 is 1.62. The highest BCUT2D eigenvalue weighted by Crippen LogP contribution is 2.16. The van der Waals surface area contributed by atoms with E-state index in [0.717, 1.165) is 6.54 Å². The predicted octanol–water partition coefficient (Wildman–Crippen LogP) is 1.30. The van der Waals surface area contributed by atoms with E-state index in [1.807, 2.05) is 0 Å². The zero-order chi connectivity index (χ0) is 6.74. The molecular weight excluding hydrogens is 132 g/mol. The number of rotatable bonds is 0. The monoisotopic (exact) mass is 146 g/mol. The van der Waals surface area contributed by atoms with E-state index >= 15 is 0 Å². The molecule has 0 aromatic carbocycles. The van der Waals surface area contributed by atoms with E-state index in [2.05, 4.69) is 23.3 Å². The van der Waals surface area contributed by atoms with Gasteiger partial charge in [0.15, 0.2) is 0 Å². The first-order valence-electron chi connectivity index (χ1n) is 3.37. The first-order chi connectivity index (χ1) is 4.21. The Balaban J connectivity index is 2.36. The number of hydrogen-bond acceptors (Lipinski definition) is 3. The molecule has 2 N–H and O–H groups in total. The van der Waals surface area contributed by atoms with Gasteiger partial charge in [0, 0.05) is 24.2 Å². The van der Waals surface area contributed by atoms with Gasteiger partial charge in [-0.1, -0.05) is 0 Å². The SMILES string of the molecule is CC1(C)CCCNSN1. The standard InChI is InChI=1S/C6H14N2S/c1-6(2)4-3-5-7-9-8-6/h7-8H,3-5H2,1-2H3. The number of nitrogens with one attached hydrogen (secondary N) is 2. The molecule has 1 aliphatic rings. The first kappa shape index (κ1) is 7.38. The van der Waals surface area contributed by atoms with Crippen LogP contribution in [0.25, 0.3) is 0 Å². The molecule has 0 atom stereocenters. The zero-order valence-electron chi connectivity index (χ0n) is 6.03. The van der Waals surface area contributed by atoms with Gasteiger partial charge in [-0.3, -0.25) is 4.72 Å². The first-order valence-corrected chi connectivity index (χ1v) is 4.18.